The summed E-state index contributed by atoms with van der Waals surface area (Å²) in [6.07, 6.45) is -0.126. The Kier molecular flexibility index (Phi) is 3.98. The Labute approximate surface area is 101 Å². The van der Waals surface area contributed by atoms with Crippen LogP contribution in [0.5, 0.6) is 0 Å². The van der Waals surface area contributed by atoms with Gasteiger partial charge in [-0.2, -0.15) is 0 Å². The highest BCUT2D eigenvalue weighted by Crippen LogP contribution is 2.17. The van der Waals surface area contributed by atoms with Crippen molar-refractivity contribution >= 4 is 6.09 Å². The molecule has 1 aromatic carbocycles. The van der Waals surface area contributed by atoms with E-state index in [1.165, 1.54) is 5.56 Å². The van der Waals surface area contributed by atoms with Gasteiger partial charge < -0.3 is 15.2 Å². The first-order valence-corrected chi connectivity index (χ1v) is 5.95. The van der Waals surface area contributed by atoms with Crippen LogP contribution in [-0.4, -0.2) is 30.6 Å². The predicted octanol–water partition coefficient (Wildman–Crippen LogP) is 0.441. The summed E-state index contributed by atoms with van der Waals surface area (Å²) in [4.78, 5) is 12.7. The largest absolute Gasteiger partial charge is 0.530 e. The number of hydrogen-bond donors (Lipinski definition) is 1. The third-order valence-corrected chi connectivity index (χ3v) is 3.15. The van der Waals surface area contributed by atoms with Gasteiger partial charge in [0.05, 0.1) is 0 Å². The molecule has 1 aromatic rings. The maximum absolute atomic E-state index is 10.3. The first-order valence-electron chi connectivity index (χ1n) is 5.95. The van der Waals surface area contributed by atoms with Crippen LogP contribution in [0.4, 0.5) is 4.79 Å². The van der Waals surface area contributed by atoms with Gasteiger partial charge in [0.1, 0.15) is 6.09 Å². The first-order chi connectivity index (χ1) is 8.24. The third-order valence-electron chi connectivity index (χ3n) is 3.15. The highest BCUT2D eigenvalue weighted by molar-refractivity contribution is 5.61. The minimum absolute atomic E-state index is 0.414. The van der Waals surface area contributed by atoms with Gasteiger partial charge in [-0.15, -0.1) is 0 Å². The Morgan fingerprint density at radius 3 is 2.88 bits per heavy atom. The number of nitrogens with zero attached hydrogens (tertiary/aromatic N) is 1. The number of carbonyl (C=O) groups is 1. The van der Waals surface area contributed by atoms with Gasteiger partial charge >= 0.3 is 0 Å². The van der Waals surface area contributed by atoms with Crippen LogP contribution in [0.2, 0.25) is 0 Å². The van der Waals surface area contributed by atoms with Crippen LogP contribution in [-0.2, 0) is 6.54 Å². The molecule has 4 nitrogen and oxygen atoms in total. The van der Waals surface area contributed by atoms with Crippen molar-refractivity contribution in [1.29, 1.82) is 0 Å². The van der Waals surface area contributed by atoms with Crippen LogP contribution in [0, 0.1) is 5.92 Å². The molecule has 1 aliphatic heterocycles. The van der Waals surface area contributed by atoms with Gasteiger partial charge in [-0.3, -0.25) is 4.90 Å². The number of carbonyl (C=O) groups excluding carboxylic acids is 1. The fraction of sp³-hybridized carbons (Fsp3) is 0.462. The summed E-state index contributed by atoms with van der Waals surface area (Å²) in [6, 6.07) is 10.3. The van der Waals surface area contributed by atoms with Gasteiger partial charge in [-0.05, 0) is 24.4 Å². The topological polar surface area (TPSA) is 55.4 Å². The van der Waals surface area contributed by atoms with Crippen molar-refractivity contribution in [2.24, 2.45) is 5.92 Å². The molecule has 92 valence electrons. The van der Waals surface area contributed by atoms with Crippen LogP contribution >= 0.6 is 0 Å². The molecule has 1 amide bonds. The lowest BCUT2D eigenvalue weighted by atomic mass is 10.1. The van der Waals surface area contributed by atoms with Gasteiger partial charge in [0.25, 0.3) is 0 Å². The van der Waals surface area contributed by atoms with Crippen molar-refractivity contribution in [3.8, 4) is 0 Å². The Morgan fingerprint density at radius 1 is 1.41 bits per heavy atom. The maximum Gasteiger partial charge on any atom is 0.134 e. The summed E-state index contributed by atoms with van der Waals surface area (Å²) in [5, 5.41) is 12.6. The zero-order valence-corrected chi connectivity index (χ0v) is 9.76. The molecule has 0 aliphatic carbocycles. The molecule has 1 unspecified atom stereocenters. The second-order valence-corrected chi connectivity index (χ2v) is 4.54. The van der Waals surface area contributed by atoms with Crippen molar-refractivity contribution in [1.82, 2.24) is 10.2 Å². The summed E-state index contributed by atoms with van der Waals surface area (Å²) >= 11 is 0. The van der Waals surface area contributed by atoms with Crippen molar-refractivity contribution < 1.29 is 9.90 Å². The van der Waals surface area contributed by atoms with E-state index >= 15 is 0 Å². The van der Waals surface area contributed by atoms with Crippen LogP contribution in [0.1, 0.15) is 12.0 Å². The first kappa shape index (κ1) is 11.9. The van der Waals surface area contributed by atoms with Crippen LogP contribution in [0.3, 0.4) is 0 Å². The normalized spacial score (nSPS) is 20.4. The van der Waals surface area contributed by atoms with E-state index < -0.39 is 6.09 Å². The van der Waals surface area contributed by atoms with E-state index in [4.69, 9.17) is 0 Å². The number of amides is 1. The van der Waals surface area contributed by atoms with Gasteiger partial charge in [-0.1, -0.05) is 30.3 Å². The zero-order chi connectivity index (χ0) is 12.1. The lowest BCUT2D eigenvalue weighted by molar-refractivity contribution is -0.250. The molecule has 0 saturated carbocycles. The maximum atomic E-state index is 10.3. The van der Waals surface area contributed by atoms with Crippen LogP contribution in [0.25, 0.3) is 0 Å². The summed E-state index contributed by atoms with van der Waals surface area (Å²) in [5.74, 6) is 0.414. The van der Waals surface area contributed by atoms with Gasteiger partial charge in [0.2, 0.25) is 0 Å². The number of rotatable bonds is 4. The quantitative estimate of drug-likeness (QED) is 0.821. The molecule has 1 aliphatic rings. The average Bonchev–Trinajstić information content (AvgIpc) is 2.75. The third kappa shape index (κ3) is 3.75. The highest BCUT2D eigenvalue weighted by Gasteiger charge is 2.21. The number of nitrogens with one attached hydrogen (secondary N) is 1. The Balaban J connectivity index is 1.76. The molecule has 1 heterocycles. The second kappa shape index (κ2) is 5.68. The summed E-state index contributed by atoms with van der Waals surface area (Å²) in [6.45, 7) is 3.44. The molecule has 1 saturated heterocycles. The molecule has 0 bridgehead atoms. The fourth-order valence-corrected chi connectivity index (χ4v) is 2.29. The number of hydrogen-bond acceptors (Lipinski definition) is 3. The Hall–Kier alpha value is -1.55. The van der Waals surface area contributed by atoms with Crippen LogP contribution < -0.4 is 10.4 Å². The molecule has 0 aromatic heterocycles. The fourth-order valence-electron chi connectivity index (χ4n) is 2.29. The van der Waals surface area contributed by atoms with Crippen molar-refractivity contribution in [3.05, 3.63) is 35.9 Å². The Morgan fingerprint density at radius 2 is 2.18 bits per heavy atom. The summed E-state index contributed by atoms with van der Waals surface area (Å²) in [7, 11) is 0. The monoisotopic (exact) mass is 233 g/mol. The molecule has 1 atom stereocenters. The predicted molar refractivity (Wildman–Crippen MR) is 63.2 cm³/mol. The summed E-state index contributed by atoms with van der Waals surface area (Å²) in [5.41, 5.74) is 1.31. The number of likely N-dealkylation sites (tertiary alicyclic amines) is 1. The minimum atomic E-state index is -1.17. The molecule has 2 rings (SSSR count). The van der Waals surface area contributed by atoms with Crippen molar-refractivity contribution in [2.75, 3.05) is 19.6 Å². The molecular weight excluding hydrogens is 216 g/mol. The standard InChI is InChI=1S/C13H18N2O2/c16-13(17)14-8-12-6-7-15(10-12)9-11-4-2-1-3-5-11/h1-5,12,14H,6-10H2,(H,16,17)/p-1. The number of carboxylic acid groups (broad SMARTS) is 1. The van der Waals surface area contributed by atoms with E-state index in [0.717, 1.165) is 26.1 Å². The van der Waals surface area contributed by atoms with E-state index in [9.17, 15) is 9.90 Å². The highest BCUT2D eigenvalue weighted by atomic mass is 16.4. The molecule has 1 fully saturated rings. The van der Waals surface area contributed by atoms with E-state index in [1.54, 1.807) is 0 Å². The lowest BCUT2D eigenvalue weighted by Gasteiger charge is -2.16. The molecular formula is C13H17N2O2-. The van der Waals surface area contributed by atoms with E-state index in [0.29, 0.717) is 12.5 Å². The van der Waals surface area contributed by atoms with Gasteiger partial charge in [-0.25, -0.2) is 0 Å². The van der Waals surface area contributed by atoms with Crippen LogP contribution in [0.15, 0.2) is 30.3 Å². The minimum Gasteiger partial charge on any atom is -0.530 e. The van der Waals surface area contributed by atoms with Gasteiger partial charge in [0, 0.05) is 19.6 Å². The SMILES string of the molecule is O=C([O-])NCC1CCN(Cc2ccccc2)C1. The molecule has 1 N–H and O–H groups in total. The average molecular weight is 233 g/mol. The lowest BCUT2D eigenvalue weighted by Crippen LogP contribution is -2.39. The van der Waals surface area contributed by atoms with Crippen molar-refractivity contribution in [3.63, 3.8) is 0 Å². The van der Waals surface area contributed by atoms with E-state index in [1.807, 2.05) is 18.2 Å². The van der Waals surface area contributed by atoms with E-state index in [2.05, 4.69) is 22.3 Å². The summed E-state index contributed by atoms with van der Waals surface area (Å²) < 4.78 is 0. The van der Waals surface area contributed by atoms with Gasteiger partial charge in [0.15, 0.2) is 0 Å². The molecule has 4 heteroatoms. The van der Waals surface area contributed by atoms with Crippen molar-refractivity contribution in [2.45, 2.75) is 13.0 Å². The smallest absolute Gasteiger partial charge is 0.134 e. The second-order valence-electron chi connectivity index (χ2n) is 4.54. The van der Waals surface area contributed by atoms with E-state index in [-0.39, 0.29) is 0 Å². The number of benzene rings is 1. The molecule has 0 spiro atoms. The molecule has 0 radical (unpaired) electrons. The zero-order valence-electron chi connectivity index (χ0n) is 9.76. The Bertz CT molecular complexity index is 367. The molecule has 17 heavy (non-hydrogen) atoms.